The van der Waals surface area contributed by atoms with Crippen molar-refractivity contribution >= 4 is 12.1 Å². The largest absolute Gasteiger partial charge is 0.504 e. The van der Waals surface area contributed by atoms with Gasteiger partial charge in [0.1, 0.15) is 0 Å². The number of nitrogens with zero attached hydrogens (tertiary/aromatic N) is 1. The summed E-state index contributed by atoms with van der Waals surface area (Å²) in [6, 6.07) is 4.33. The predicted octanol–water partition coefficient (Wildman–Crippen LogP) is 2.91. The number of nitrogens with one attached hydrogen (secondary N) is 1. The van der Waals surface area contributed by atoms with Crippen LogP contribution in [0.4, 0.5) is 0 Å². The fourth-order valence-corrected chi connectivity index (χ4v) is 1.74. The van der Waals surface area contributed by atoms with E-state index in [0.717, 1.165) is 12.8 Å². The maximum Gasteiger partial charge on any atom is 0.240 e. The molecule has 20 heavy (non-hydrogen) atoms. The number of phenols is 2. The molecule has 5 heteroatoms. The Bertz CT molecular complexity index is 458. The van der Waals surface area contributed by atoms with Gasteiger partial charge < -0.3 is 10.2 Å². The van der Waals surface area contributed by atoms with Crippen molar-refractivity contribution in [2.75, 3.05) is 0 Å². The summed E-state index contributed by atoms with van der Waals surface area (Å²) in [7, 11) is 0. The number of hydrogen-bond donors (Lipinski definition) is 3. The molecule has 110 valence electrons. The number of amides is 1. The lowest BCUT2D eigenvalue weighted by atomic mass is 10.1. The molecule has 0 bridgehead atoms. The second-order valence-corrected chi connectivity index (χ2v) is 4.71. The van der Waals surface area contributed by atoms with Crippen molar-refractivity contribution in [2.45, 2.75) is 45.4 Å². The highest BCUT2D eigenvalue weighted by molar-refractivity contribution is 5.83. The molecule has 1 aromatic carbocycles. The van der Waals surface area contributed by atoms with Crippen LogP contribution in [0.2, 0.25) is 0 Å². The van der Waals surface area contributed by atoms with Crippen LogP contribution in [0.15, 0.2) is 23.3 Å². The van der Waals surface area contributed by atoms with Crippen LogP contribution in [0.25, 0.3) is 0 Å². The van der Waals surface area contributed by atoms with Crippen molar-refractivity contribution < 1.29 is 15.0 Å². The maximum atomic E-state index is 11.5. The van der Waals surface area contributed by atoms with Crippen molar-refractivity contribution in [3.05, 3.63) is 23.8 Å². The van der Waals surface area contributed by atoms with Crippen LogP contribution in [-0.4, -0.2) is 22.3 Å². The summed E-state index contributed by atoms with van der Waals surface area (Å²) < 4.78 is 0. The number of hydrazone groups is 1. The van der Waals surface area contributed by atoms with Crippen molar-refractivity contribution in [2.24, 2.45) is 5.10 Å². The molecule has 5 nitrogen and oxygen atoms in total. The molecule has 0 saturated heterocycles. The van der Waals surface area contributed by atoms with E-state index in [1.54, 1.807) is 6.07 Å². The Balaban J connectivity index is 2.26. The molecule has 0 aromatic heterocycles. The SMILES string of the molecule is CCCCCCCC(=O)N/N=C/c1ccc(O)c(O)c1. The van der Waals surface area contributed by atoms with Gasteiger partial charge in [0.2, 0.25) is 5.91 Å². The standard InChI is InChI=1S/C15H22N2O3/c1-2-3-4-5-6-7-15(20)17-16-11-12-8-9-13(18)14(19)10-12/h8-11,18-19H,2-7H2,1H3,(H,17,20)/b16-11+. The van der Waals surface area contributed by atoms with Gasteiger partial charge in [-0.3, -0.25) is 4.79 Å². The number of benzene rings is 1. The monoisotopic (exact) mass is 278 g/mol. The van der Waals surface area contributed by atoms with Crippen LogP contribution in [0, 0.1) is 0 Å². The van der Waals surface area contributed by atoms with E-state index < -0.39 is 0 Å². The molecule has 3 N–H and O–H groups in total. The van der Waals surface area contributed by atoms with Gasteiger partial charge in [0.25, 0.3) is 0 Å². The van der Waals surface area contributed by atoms with Crippen LogP contribution in [0.5, 0.6) is 11.5 Å². The van der Waals surface area contributed by atoms with E-state index in [1.165, 1.54) is 37.6 Å². The third-order valence-electron chi connectivity index (χ3n) is 2.91. The number of hydrogen-bond acceptors (Lipinski definition) is 4. The lowest BCUT2D eigenvalue weighted by Gasteiger charge is -2.01. The minimum absolute atomic E-state index is 0.110. The number of aromatic hydroxyl groups is 2. The maximum absolute atomic E-state index is 11.5. The molecular formula is C15H22N2O3. The third kappa shape index (κ3) is 6.22. The van der Waals surface area contributed by atoms with E-state index in [0.29, 0.717) is 12.0 Å². The lowest BCUT2D eigenvalue weighted by molar-refractivity contribution is -0.121. The normalized spacial score (nSPS) is 10.8. The summed E-state index contributed by atoms with van der Waals surface area (Å²) in [6.45, 7) is 2.16. The molecule has 1 rings (SSSR count). The molecule has 0 aliphatic heterocycles. The van der Waals surface area contributed by atoms with Crippen molar-refractivity contribution in [1.82, 2.24) is 5.43 Å². The second kappa shape index (κ2) is 8.96. The number of phenolic OH excluding ortho intramolecular Hbond substituents is 2. The smallest absolute Gasteiger partial charge is 0.240 e. The van der Waals surface area contributed by atoms with Gasteiger partial charge in [0.15, 0.2) is 11.5 Å². The molecule has 0 saturated carbocycles. The van der Waals surface area contributed by atoms with Gasteiger partial charge in [-0.25, -0.2) is 5.43 Å². The summed E-state index contributed by atoms with van der Waals surface area (Å²) in [5.74, 6) is -0.504. The summed E-state index contributed by atoms with van der Waals surface area (Å²) in [6.07, 6.45) is 7.41. The molecule has 0 spiro atoms. The van der Waals surface area contributed by atoms with Crippen molar-refractivity contribution in [3.63, 3.8) is 0 Å². The molecular weight excluding hydrogens is 256 g/mol. The van der Waals surface area contributed by atoms with Gasteiger partial charge in [-0.15, -0.1) is 0 Å². The van der Waals surface area contributed by atoms with E-state index in [1.807, 2.05) is 0 Å². The Labute approximate surface area is 119 Å². The first-order chi connectivity index (χ1) is 9.63. The van der Waals surface area contributed by atoms with E-state index >= 15 is 0 Å². The molecule has 0 atom stereocenters. The topological polar surface area (TPSA) is 81.9 Å². The first-order valence-corrected chi connectivity index (χ1v) is 6.97. The predicted molar refractivity (Wildman–Crippen MR) is 78.9 cm³/mol. The fraction of sp³-hybridized carbons (Fsp3) is 0.467. The molecule has 0 fully saturated rings. The van der Waals surface area contributed by atoms with Crippen LogP contribution in [0.3, 0.4) is 0 Å². The number of unbranched alkanes of at least 4 members (excludes halogenated alkanes) is 4. The summed E-state index contributed by atoms with van der Waals surface area (Å²) in [5, 5.41) is 22.3. The van der Waals surface area contributed by atoms with Gasteiger partial charge in [-0.2, -0.15) is 5.10 Å². The zero-order chi connectivity index (χ0) is 14.8. The van der Waals surface area contributed by atoms with Gasteiger partial charge in [-0.05, 0) is 30.2 Å². The summed E-state index contributed by atoms with van der Waals surface area (Å²) in [4.78, 5) is 11.5. The molecule has 0 aliphatic rings. The summed E-state index contributed by atoms with van der Waals surface area (Å²) in [5.41, 5.74) is 3.04. The molecule has 0 aliphatic carbocycles. The first kappa shape index (κ1) is 16.0. The highest BCUT2D eigenvalue weighted by Crippen LogP contribution is 2.23. The lowest BCUT2D eigenvalue weighted by Crippen LogP contribution is -2.16. The van der Waals surface area contributed by atoms with Crippen LogP contribution in [0.1, 0.15) is 51.0 Å². The minimum atomic E-state index is -0.212. The van der Waals surface area contributed by atoms with Gasteiger partial charge in [-0.1, -0.05) is 32.6 Å². The van der Waals surface area contributed by atoms with E-state index in [9.17, 15) is 9.90 Å². The first-order valence-electron chi connectivity index (χ1n) is 6.97. The zero-order valence-electron chi connectivity index (χ0n) is 11.8. The molecule has 1 aromatic rings. The average Bonchev–Trinajstić information content (AvgIpc) is 2.42. The highest BCUT2D eigenvalue weighted by atomic mass is 16.3. The second-order valence-electron chi connectivity index (χ2n) is 4.71. The van der Waals surface area contributed by atoms with Crippen LogP contribution >= 0.6 is 0 Å². The van der Waals surface area contributed by atoms with Gasteiger partial charge >= 0.3 is 0 Å². The molecule has 0 unspecified atom stereocenters. The van der Waals surface area contributed by atoms with Crippen molar-refractivity contribution in [1.29, 1.82) is 0 Å². The number of rotatable bonds is 8. The molecule has 0 radical (unpaired) electrons. The molecule has 1 amide bonds. The Morgan fingerprint density at radius 3 is 2.65 bits per heavy atom. The zero-order valence-corrected chi connectivity index (χ0v) is 11.8. The number of carbonyl (C=O) groups excluding carboxylic acids is 1. The van der Waals surface area contributed by atoms with Crippen molar-refractivity contribution in [3.8, 4) is 11.5 Å². The Hall–Kier alpha value is -2.04. The highest BCUT2D eigenvalue weighted by Gasteiger charge is 2.00. The minimum Gasteiger partial charge on any atom is -0.504 e. The van der Waals surface area contributed by atoms with Crippen LogP contribution < -0.4 is 5.43 Å². The van der Waals surface area contributed by atoms with E-state index in [4.69, 9.17) is 5.11 Å². The Kier molecular flexibility index (Phi) is 7.17. The van der Waals surface area contributed by atoms with Gasteiger partial charge in [0, 0.05) is 6.42 Å². The Morgan fingerprint density at radius 2 is 1.95 bits per heavy atom. The summed E-state index contributed by atoms with van der Waals surface area (Å²) >= 11 is 0. The average molecular weight is 278 g/mol. The fourth-order valence-electron chi connectivity index (χ4n) is 1.74. The Morgan fingerprint density at radius 1 is 1.20 bits per heavy atom. The molecule has 0 heterocycles. The quantitative estimate of drug-likeness (QED) is 0.296. The van der Waals surface area contributed by atoms with E-state index in [-0.39, 0.29) is 17.4 Å². The number of carbonyl (C=O) groups is 1. The third-order valence-corrected chi connectivity index (χ3v) is 2.91. The van der Waals surface area contributed by atoms with E-state index in [2.05, 4.69) is 17.5 Å². The van der Waals surface area contributed by atoms with Crippen LogP contribution in [-0.2, 0) is 4.79 Å². The van der Waals surface area contributed by atoms with Gasteiger partial charge in [0.05, 0.1) is 6.21 Å².